The smallest absolute Gasteiger partial charge is 0.171 e. The quantitative estimate of drug-likeness (QED) is 0.789. The summed E-state index contributed by atoms with van der Waals surface area (Å²) in [6.45, 7) is 6.31. The van der Waals surface area contributed by atoms with E-state index in [-0.39, 0.29) is 6.04 Å². The van der Waals surface area contributed by atoms with Crippen molar-refractivity contribution in [2.45, 2.75) is 26.8 Å². The second-order valence-corrected chi connectivity index (χ2v) is 6.17. The molecule has 0 heterocycles. The normalized spacial score (nSPS) is 11.5. The van der Waals surface area contributed by atoms with Gasteiger partial charge in [0.2, 0.25) is 0 Å². The number of thiocarbonyl (C=S) groups is 1. The Morgan fingerprint density at radius 2 is 1.58 bits per heavy atom. The average molecular weight is 344 g/mol. The Labute approximate surface area is 149 Å². The van der Waals surface area contributed by atoms with Crippen LogP contribution in [0.3, 0.4) is 0 Å². The number of hydrogen-bond acceptors (Lipinski definition) is 3. The molecule has 0 aliphatic carbocycles. The molecular formula is C19H24N2O2S. The first-order valence-corrected chi connectivity index (χ1v) is 8.21. The Morgan fingerprint density at radius 1 is 0.958 bits per heavy atom. The van der Waals surface area contributed by atoms with E-state index in [1.54, 1.807) is 14.2 Å². The Balaban J connectivity index is 2.06. The first-order valence-electron chi connectivity index (χ1n) is 7.80. The summed E-state index contributed by atoms with van der Waals surface area (Å²) in [7, 11) is 3.24. The number of ether oxygens (including phenoxy) is 2. The Hall–Kier alpha value is -2.27. The summed E-state index contributed by atoms with van der Waals surface area (Å²) in [6, 6.07) is 12.1. The van der Waals surface area contributed by atoms with E-state index in [2.05, 4.69) is 49.6 Å². The molecule has 0 amide bonds. The minimum Gasteiger partial charge on any atom is -0.497 e. The van der Waals surface area contributed by atoms with Crippen LogP contribution in [-0.4, -0.2) is 19.3 Å². The standard InChI is InChI=1S/C19H24N2O2S/c1-12-6-7-15(8-13(12)2)14(3)20-19(24)21-16-9-17(22-4)11-18(10-16)23-5/h6-11,14H,1-5H3,(H2,20,21,24). The second-order valence-electron chi connectivity index (χ2n) is 5.77. The van der Waals surface area contributed by atoms with E-state index in [1.165, 1.54) is 16.7 Å². The number of nitrogens with one attached hydrogen (secondary N) is 2. The first-order chi connectivity index (χ1) is 11.4. The molecule has 1 unspecified atom stereocenters. The third kappa shape index (κ3) is 4.61. The zero-order valence-electron chi connectivity index (χ0n) is 14.8. The third-order valence-electron chi connectivity index (χ3n) is 3.99. The van der Waals surface area contributed by atoms with Gasteiger partial charge in [-0.2, -0.15) is 0 Å². The van der Waals surface area contributed by atoms with Crippen LogP contribution in [0.25, 0.3) is 0 Å². The highest BCUT2D eigenvalue weighted by atomic mass is 32.1. The molecule has 0 spiro atoms. The molecule has 0 bridgehead atoms. The van der Waals surface area contributed by atoms with Crippen molar-refractivity contribution < 1.29 is 9.47 Å². The van der Waals surface area contributed by atoms with Crippen molar-refractivity contribution in [2.24, 2.45) is 0 Å². The lowest BCUT2D eigenvalue weighted by Crippen LogP contribution is -2.30. The van der Waals surface area contributed by atoms with Crippen LogP contribution in [0.15, 0.2) is 36.4 Å². The molecule has 0 radical (unpaired) electrons. The molecule has 0 aliphatic rings. The van der Waals surface area contributed by atoms with E-state index in [0.717, 1.165) is 5.69 Å². The van der Waals surface area contributed by atoms with E-state index >= 15 is 0 Å². The first kappa shape index (κ1) is 18.1. The van der Waals surface area contributed by atoms with Crippen molar-refractivity contribution in [3.8, 4) is 11.5 Å². The summed E-state index contributed by atoms with van der Waals surface area (Å²) in [6.07, 6.45) is 0. The van der Waals surface area contributed by atoms with Crippen LogP contribution in [-0.2, 0) is 0 Å². The lowest BCUT2D eigenvalue weighted by Gasteiger charge is -2.19. The Morgan fingerprint density at radius 3 is 2.12 bits per heavy atom. The predicted octanol–water partition coefficient (Wildman–Crippen LogP) is 4.37. The minimum atomic E-state index is 0.108. The van der Waals surface area contributed by atoms with E-state index in [1.807, 2.05) is 18.2 Å². The van der Waals surface area contributed by atoms with E-state index in [0.29, 0.717) is 16.6 Å². The maximum Gasteiger partial charge on any atom is 0.171 e. The summed E-state index contributed by atoms with van der Waals surface area (Å²) in [4.78, 5) is 0. The van der Waals surface area contributed by atoms with Crippen LogP contribution in [0.4, 0.5) is 5.69 Å². The fourth-order valence-corrected chi connectivity index (χ4v) is 2.66. The maximum absolute atomic E-state index is 5.43. The van der Waals surface area contributed by atoms with Gasteiger partial charge in [0.05, 0.1) is 20.3 Å². The molecule has 1 atom stereocenters. The highest BCUT2D eigenvalue weighted by Gasteiger charge is 2.09. The largest absolute Gasteiger partial charge is 0.497 e. The summed E-state index contributed by atoms with van der Waals surface area (Å²) < 4.78 is 10.5. The lowest BCUT2D eigenvalue weighted by molar-refractivity contribution is 0.395. The average Bonchev–Trinajstić information content (AvgIpc) is 2.56. The molecular weight excluding hydrogens is 320 g/mol. The van der Waals surface area contributed by atoms with E-state index in [9.17, 15) is 0 Å². The van der Waals surface area contributed by atoms with Crippen LogP contribution in [0.2, 0.25) is 0 Å². The van der Waals surface area contributed by atoms with Gasteiger partial charge in [-0.15, -0.1) is 0 Å². The summed E-state index contributed by atoms with van der Waals surface area (Å²) in [5, 5.41) is 7.04. The van der Waals surface area contributed by atoms with E-state index in [4.69, 9.17) is 21.7 Å². The van der Waals surface area contributed by atoms with Crippen LogP contribution in [0, 0.1) is 13.8 Å². The van der Waals surface area contributed by atoms with Crippen molar-refractivity contribution >= 4 is 23.0 Å². The Kier molecular flexibility index (Phi) is 6.04. The van der Waals surface area contributed by atoms with Gasteiger partial charge in [0.15, 0.2) is 5.11 Å². The molecule has 0 saturated heterocycles. The van der Waals surface area contributed by atoms with Crippen molar-refractivity contribution in [2.75, 3.05) is 19.5 Å². The van der Waals surface area contributed by atoms with Crippen molar-refractivity contribution in [1.29, 1.82) is 0 Å². The summed E-state index contributed by atoms with van der Waals surface area (Å²) >= 11 is 5.43. The molecule has 0 fully saturated rings. The molecule has 0 aromatic heterocycles. The highest BCUT2D eigenvalue weighted by Crippen LogP contribution is 2.26. The van der Waals surface area contributed by atoms with Crippen molar-refractivity contribution in [3.63, 3.8) is 0 Å². The number of rotatable bonds is 5. The molecule has 0 aliphatic heterocycles. The zero-order chi connectivity index (χ0) is 17.7. The van der Waals surface area contributed by atoms with Crippen LogP contribution in [0.5, 0.6) is 11.5 Å². The van der Waals surface area contributed by atoms with E-state index < -0.39 is 0 Å². The van der Waals surface area contributed by atoms with Gasteiger partial charge in [-0.25, -0.2) is 0 Å². The van der Waals surface area contributed by atoms with Gasteiger partial charge >= 0.3 is 0 Å². The number of aryl methyl sites for hydroxylation is 2. The zero-order valence-corrected chi connectivity index (χ0v) is 15.6. The fourth-order valence-electron chi connectivity index (χ4n) is 2.36. The molecule has 2 aromatic rings. The molecule has 5 heteroatoms. The number of benzene rings is 2. The summed E-state index contributed by atoms with van der Waals surface area (Å²) in [5.74, 6) is 1.42. The van der Waals surface area contributed by atoms with Gasteiger partial charge in [0, 0.05) is 23.9 Å². The molecule has 0 saturated carbocycles. The molecule has 4 nitrogen and oxygen atoms in total. The monoisotopic (exact) mass is 344 g/mol. The molecule has 128 valence electrons. The second kappa shape index (κ2) is 8.02. The number of anilines is 1. The van der Waals surface area contributed by atoms with Crippen molar-refractivity contribution in [3.05, 3.63) is 53.1 Å². The predicted molar refractivity (Wildman–Crippen MR) is 103 cm³/mol. The molecule has 2 rings (SSSR count). The van der Waals surface area contributed by atoms with Gasteiger partial charge in [-0.1, -0.05) is 18.2 Å². The summed E-state index contributed by atoms with van der Waals surface area (Å²) in [5.41, 5.74) is 4.58. The highest BCUT2D eigenvalue weighted by molar-refractivity contribution is 7.80. The van der Waals surface area contributed by atoms with Gasteiger partial charge in [0.1, 0.15) is 11.5 Å². The molecule has 2 aromatic carbocycles. The Bertz CT molecular complexity index is 709. The lowest BCUT2D eigenvalue weighted by atomic mass is 10.0. The molecule has 24 heavy (non-hydrogen) atoms. The topological polar surface area (TPSA) is 42.5 Å². The number of methoxy groups -OCH3 is 2. The minimum absolute atomic E-state index is 0.108. The van der Waals surface area contributed by atoms with Gasteiger partial charge in [0.25, 0.3) is 0 Å². The van der Waals surface area contributed by atoms with Crippen LogP contribution in [0.1, 0.15) is 29.7 Å². The van der Waals surface area contributed by atoms with Crippen molar-refractivity contribution in [1.82, 2.24) is 5.32 Å². The van der Waals surface area contributed by atoms with Crippen LogP contribution < -0.4 is 20.1 Å². The maximum atomic E-state index is 5.43. The fraction of sp³-hybridized carbons (Fsp3) is 0.316. The van der Waals surface area contributed by atoms with Gasteiger partial charge in [-0.3, -0.25) is 0 Å². The van der Waals surface area contributed by atoms with Gasteiger partial charge in [-0.05, 0) is 49.7 Å². The number of hydrogen-bond donors (Lipinski definition) is 2. The van der Waals surface area contributed by atoms with Crippen LogP contribution >= 0.6 is 12.2 Å². The van der Waals surface area contributed by atoms with Gasteiger partial charge < -0.3 is 20.1 Å². The third-order valence-corrected chi connectivity index (χ3v) is 4.21. The SMILES string of the molecule is COc1cc(NC(=S)NC(C)c2ccc(C)c(C)c2)cc(OC)c1. The molecule has 2 N–H and O–H groups in total.